The van der Waals surface area contributed by atoms with Crippen LogP contribution in [0.1, 0.15) is 0 Å². The predicted octanol–water partition coefficient (Wildman–Crippen LogP) is 2.75. The molecule has 2 aromatic rings. The van der Waals surface area contributed by atoms with Gasteiger partial charge in [-0.05, 0) is 24.3 Å². The minimum atomic E-state index is -0.0908. The number of hydrogen-bond acceptors (Lipinski definition) is 3. The molecule has 0 aliphatic carbocycles. The maximum absolute atomic E-state index is 12.1. The number of hydrogen-bond donors (Lipinski definition) is 0. The molecule has 2 aromatic carbocycles. The molecule has 1 amide bonds. The molecule has 19 heavy (non-hydrogen) atoms. The number of para-hydroxylation sites is 2. The SMILES string of the molecule is COc1cccc(N2C(=O)COc3ccccc32)c1. The van der Waals surface area contributed by atoms with Crippen molar-refractivity contribution in [3.8, 4) is 11.5 Å². The van der Waals surface area contributed by atoms with Crippen LogP contribution in [0.3, 0.4) is 0 Å². The molecule has 1 heterocycles. The number of fused-ring (bicyclic) bond motifs is 1. The van der Waals surface area contributed by atoms with Gasteiger partial charge in [0.25, 0.3) is 5.91 Å². The fourth-order valence-electron chi connectivity index (χ4n) is 2.13. The van der Waals surface area contributed by atoms with Crippen molar-refractivity contribution in [2.45, 2.75) is 0 Å². The van der Waals surface area contributed by atoms with Crippen molar-refractivity contribution in [1.82, 2.24) is 0 Å². The molecule has 0 N–H and O–H groups in total. The van der Waals surface area contributed by atoms with E-state index in [-0.39, 0.29) is 12.5 Å². The van der Waals surface area contributed by atoms with Gasteiger partial charge in [-0.25, -0.2) is 0 Å². The summed E-state index contributed by atoms with van der Waals surface area (Å²) < 4.78 is 10.6. The zero-order chi connectivity index (χ0) is 13.2. The topological polar surface area (TPSA) is 38.8 Å². The summed E-state index contributed by atoms with van der Waals surface area (Å²) >= 11 is 0. The van der Waals surface area contributed by atoms with E-state index in [2.05, 4.69) is 0 Å². The first kappa shape index (κ1) is 11.6. The average molecular weight is 255 g/mol. The molecule has 4 nitrogen and oxygen atoms in total. The van der Waals surface area contributed by atoms with Gasteiger partial charge in [-0.2, -0.15) is 0 Å². The van der Waals surface area contributed by atoms with Crippen molar-refractivity contribution < 1.29 is 14.3 Å². The van der Waals surface area contributed by atoms with Gasteiger partial charge in [0.15, 0.2) is 6.61 Å². The Morgan fingerprint density at radius 2 is 2.00 bits per heavy atom. The Bertz CT molecular complexity index is 624. The van der Waals surface area contributed by atoms with Crippen LogP contribution in [-0.2, 0) is 4.79 Å². The van der Waals surface area contributed by atoms with Crippen LogP contribution in [0.15, 0.2) is 48.5 Å². The zero-order valence-corrected chi connectivity index (χ0v) is 10.5. The molecule has 0 saturated carbocycles. The lowest BCUT2D eigenvalue weighted by Crippen LogP contribution is -2.35. The zero-order valence-electron chi connectivity index (χ0n) is 10.5. The molecule has 1 aliphatic rings. The molecule has 0 radical (unpaired) electrons. The van der Waals surface area contributed by atoms with E-state index in [1.165, 1.54) is 0 Å². The van der Waals surface area contributed by atoms with Crippen LogP contribution in [0.25, 0.3) is 0 Å². The van der Waals surface area contributed by atoms with Crippen LogP contribution in [0.5, 0.6) is 11.5 Å². The van der Waals surface area contributed by atoms with Crippen molar-refractivity contribution >= 4 is 17.3 Å². The highest BCUT2D eigenvalue weighted by Gasteiger charge is 2.26. The predicted molar refractivity (Wildman–Crippen MR) is 72.1 cm³/mol. The van der Waals surface area contributed by atoms with Crippen LogP contribution in [0.4, 0.5) is 11.4 Å². The third kappa shape index (κ3) is 2.01. The van der Waals surface area contributed by atoms with Crippen molar-refractivity contribution in [2.24, 2.45) is 0 Å². The first-order valence-corrected chi connectivity index (χ1v) is 5.98. The van der Waals surface area contributed by atoms with E-state index in [0.29, 0.717) is 11.5 Å². The monoisotopic (exact) mass is 255 g/mol. The Labute approximate surface area is 111 Å². The standard InChI is InChI=1S/C15H13NO3/c1-18-12-6-4-5-11(9-12)16-13-7-2-3-8-14(13)19-10-15(16)17/h2-9H,10H2,1H3. The Morgan fingerprint density at radius 1 is 1.16 bits per heavy atom. The van der Waals surface area contributed by atoms with E-state index in [0.717, 1.165) is 11.4 Å². The van der Waals surface area contributed by atoms with Gasteiger partial charge in [0.1, 0.15) is 11.5 Å². The Kier molecular flexibility index (Phi) is 2.83. The molecule has 0 spiro atoms. The Hall–Kier alpha value is -2.49. The van der Waals surface area contributed by atoms with Gasteiger partial charge in [0.2, 0.25) is 0 Å². The van der Waals surface area contributed by atoms with E-state index >= 15 is 0 Å². The van der Waals surface area contributed by atoms with E-state index < -0.39 is 0 Å². The summed E-state index contributed by atoms with van der Waals surface area (Å²) in [5, 5.41) is 0. The molecule has 1 aliphatic heterocycles. The number of carbonyl (C=O) groups is 1. The number of methoxy groups -OCH3 is 1. The maximum Gasteiger partial charge on any atom is 0.269 e. The van der Waals surface area contributed by atoms with Gasteiger partial charge < -0.3 is 9.47 Å². The molecular weight excluding hydrogens is 242 g/mol. The summed E-state index contributed by atoms with van der Waals surface area (Å²) in [4.78, 5) is 13.8. The summed E-state index contributed by atoms with van der Waals surface area (Å²) in [6.45, 7) is 0.0498. The number of amides is 1. The second-order valence-corrected chi connectivity index (χ2v) is 4.19. The molecule has 3 rings (SSSR count). The lowest BCUT2D eigenvalue weighted by molar-refractivity contribution is -0.120. The van der Waals surface area contributed by atoms with Crippen molar-refractivity contribution in [3.63, 3.8) is 0 Å². The van der Waals surface area contributed by atoms with Gasteiger partial charge >= 0.3 is 0 Å². The summed E-state index contributed by atoms with van der Waals surface area (Å²) in [7, 11) is 1.61. The summed E-state index contributed by atoms with van der Waals surface area (Å²) in [5.74, 6) is 1.34. The van der Waals surface area contributed by atoms with Gasteiger partial charge in [0, 0.05) is 6.07 Å². The second kappa shape index (κ2) is 4.65. The normalized spacial score (nSPS) is 13.7. The molecule has 0 fully saturated rings. The van der Waals surface area contributed by atoms with Crippen molar-refractivity contribution in [1.29, 1.82) is 0 Å². The largest absolute Gasteiger partial charge is 0.497 e. The second-order valence-electron chi connectivity index (χ2n) is 4.19. The van der Waals surface area contributed by atoms with Crippen LogP contribution in [-0.4, -0.2) is 19.6 Å². The highest BCUT2D eigenvalue weighted by molar-refractivity contribution is 6.04. The number of nitrogens with zero attached hydrogens (tertiary/aromatic N) is 1. The smallest absolute Gasteiger partial charge is 0.269 e. The molecule has 0 unspecified atom stereocenters. The Balaban J connectivity index is 2.10. The third-order valence-corrected chi connectivity index (χ3v) is 3.02. The van der Waals surface area contributed by atoms with Gasteiger partial charge in [-0.15, -0.1) is 0 Å². The third-order valence-electron chi connectivity index (χ3n) is 3.02. The van der Waals surface area contributed by atoms with Crippen LogP contribution in [0, 0.1) is 0 Å². The fourth-order valence-corrected chi connectivity index (χ4v) is 2.13. The van der Waals surface area contributed by atoms with Crippen LogP contribution >= 0.6 is 0 Å². The van der Waals surface area contributed by atoms with Crippen molar-refractivity contribution in [3.05, 3.63) is 48.5 Å². The molecule has 4 heteroatoms. The molecule has 0 saturated heterocycles. The number of anilines is 2. The molecule has 0 bridgehead atoms. The Morgan fingerprint density at radius 3 is 2.84 bits per heavy atom. The van der Waals surface area contributed by atoms with Crippen LogP contribution < -0.4 is 14.4 Å². The number of carbonyl (C=O) groups excluding carboxylic acids is 1. The highest BCUT2D eigenvalue weighted by Crippen LogP contribution is 2.37. The first-order chi connectivity index (χ1) is 9.29. The van der Waals surface area contributed by atoms with E-state index in [9.17, 15) is 4.79 Å². The van der Waals surface area contributed by atoms with Gasteiger partial charge in [0.05, 0.1) is 18.5 Å². The lowest BCUT2D eigenvalue weighted by atomic mass is 10.2. The minimum Gasteiger partial charge on any atom is -0.497 e. The minimum absolute atomic E-state index is 0.0498. The number of benzene rings is 2. The average Bonchev–Trinajstić information content (AvgIpc) is 2.47. The lowest BCUT2D eigenvalue weighted by Gasteiger charge is -2.29. The van der Waals surface area contributed by atoms with E-state index in [1.807, 2.05) is 48.5 Å². The van der Waals surface area contributed by atoms with Gasteiger partial charge in [-0.3, -0.25) is 9.69 Å². The molecule has 0 atom stereocenters. The summed E-state index contributed by atoms with van der Waals surface area (Å²) in [6.07, 6.45) is 0. The molecule has 96 valence electrons. The number of rotatable bonds is 2. The van der Waals surface area contributed by atoms with Crippen LogP contribution in [0.2, 0.25) is 0 Å². The first-order valence-electron chi connectivity index (χ1n) is 5.98. The summed E-state index contributed by atoms with van der Waals surface area (Å²) in [6, 6.07) is 14.9. The van der Waals surface area contributed by atoms with Gasteiger partial charge in [-0.1, -0.05) is 18.2 Å². The maximum atomic E-state index is 12.1. The van der Waals surface area contributed by atoms with E-state index in [4.69, 9.17) is 9.47 Å². The summed E-state index contributed by atoms with van der Waals surface area (Å²) in [5.41, 5.74) is 1.53. The highest BCUT2D eigenvalue weighted by atomic mass is 16.5. The molecule has 0 aromatic heterocycles. The fraction of sp³-hybridized carbons (Fsp3) is 0.133. The molecular formula is C15H13NO3. The quantitative estimate of drug-likeness (QED) is 0.828. The van der Waals surface area contributed by atoms with Crippen molar-refractivity contribution in [2.75, 3.05) is 18.6 Å². The van der Waals surface area contributed by atoms with E-state index in [1.54, 1.807) is 12.0 Å². The number of ether oxygens (including phenoxy) is 2.